The number of halogens is 2. The largest absolute Gasteiger partial charge is 0.397 e. The van der Waals surface area contributed by atoms with Gasteiger partial charge in [0.2, 0.25) is 5.82 Å². The molecule has 100 valence electrons. The fourth-order valence-corrected chi connectivity index (χ4v) is 1.99. The van der Waals surface area contributed by atoms with E-state index in [0.29, 0.717) is 27.2 Å². The van der Waals surface area contributed by atoms with Crippen LogP contribution in [0.3, 0.4) is 0 Å². The van der Waals surface area contributed by atoms with Gasteiger partial charge < -0.3 is 10.3 Å². The predicted octanol–water partition coefficient (Wildman–Crippen LogP) is 3.28. The highest BCUT2D eigenvalue weighted by molar-refractivity contribution is 9.10. The van der Waals surface area contributed by atoms with Crippen LogP contribution in [0.1, 0.15) is 0 Å². The van der Waals surface area contributed by atoms with Gasteiger partial charge in [0, 0.05) is 5.56 Å². The van der Waals surface area contributed by atoms with Gasteiger partial charge >= 0.3 is 0 Å². The number of aromatic nitrogens is 3. The highest BCUT2D eigenvalue weighted by Crippen LogP contribution is 2.25. The van der Waals surface area contributed by atoms with Crippen molar-refractivity contribution in [2.45, 2.75) is 0 Å². The molecule has 0 aliphatic carbocycles. The predicted molar refractivity (Wildman–Crippen MR) is 75.0 cm³/mol. The maximum absolute atomic E-state index is 13.2. The summed E-state index contributed by atoms with van der Waals surface area (Å²) in [6.07, 6.45) is 1.51. The number of hydrogen-bond acceptors (Lipinski definition) is 5. The summed E-state index contributed by atoms with van der Waals surface area (Å²) in [4.78, 5) is 8.32. The second kappa shape index (κ2) is 5.01. The molecule has 2 heterocycles. The molecule has 0 spiro atoms. The highest BCUT2D eigenvalue weighted by Gasteiger charge is 2.12. The van der Waals surface area contributed by atoms with E-state index in [-0.39, 0.29) is 11.7 Å². The summed E-state index contributed by atoms with van der Waals surface area (Å²) in [5.74, 6) is 0.289. The molecule has 0 aliphatic heterocycles. The topological polar surface area (TPSA) is 77.8 Å². The maximum atomic E-state index is 13.2. The standard InChI is InChI=1S/C13H8BrFN4O/c14-9-5-7(1-3-10(9)15)12-18-13(20-19-12)11-4-2-8(16)6-17-11/h1-6H,16H2. The van der Waals surface area contributed by atoms with Gasteiger partial charge in [0.05, 0.1) is 16.4 Å². The van der Waals surface area contributed by atoms with Crippen molar-refractivity contribution < 1.29 is 8.91 Å². The van der Waals surface area contributed by atoms with Crippen LogP contribution >= 0.6 is 15.9 Å². The van der Waals surface area contributed by atoms with Crippen LogP contribution in [0.15, 0.2) is 45.5 Å². The van der Waals surface area contributed by atoms with E-state index in [4.69, 9.17) is 10.3 Å². The molecule has 0 unspecified atom stereocenters. The van der Waals surface area contributed by atoms with Crippen molar-refractivity contribution >= 4 is 21.6 Å². The molecule has 0 amide bonds. The van der Waals surface area contributed by atoms with Gasteiger partial charge in [-0.05, 0) is 46.3 Å². The summed E-state index contributed by atoms with van der Waals surface area (Å²) in [5.41, 5.74) is 7.28. The fraction of sp³-hybridized carbons (Fsp3) is 0. The van der Waals surface area contributed by atoms with E-state index in [9.17, 15) is 4.39 Å². The summed E-state index contributed by atoms with van der Waals surface area (Å²) in [5, 5.41) is 3.86. The second-order valence-electron chi connectivity index (χ2n) is 4.03. The Morgan fingerprint density at radius 1 is 1.20 bits per heavy atom. The molecule has 0 fully saturated rings. The van der Waals surface area contributed by atoms with E-state index in [0.717, 1.165) is 0 Å². The summed E-state index contributed by atoms with van der Waals surface area (Å²) >= 11 is 3.12. The minimum Gasteiger partial charge on any atom is -0.397 e. The van der Waals surface area contributed by atoms with Crippen molar-refractivity contribution in [2.75, 3.05) is 5.73 Å². The first-order chi connectivity index (χ1) is 9.63. The number of nitrogens with zero attached hydrogens (tertiary/aromatic N) is 3. The third kappa shape index (κ3) is 2.39. The number of nitrogens with two attached hydrogens (primary N) is 1. The Labute approximate surface area is 121 Å². The highest BCUT2D eigenvalue weighted by atomic mass is 79.9. The zero-order chi connectivity index (χ0) is 14.1. The van der Waals surface area contributed by atoms with Crippen molar-refractivity contribution in [2.24, 2.45) is 0 Å². The zero-order valence-corrected chi connectivity index (χ0v) is 11.6. The minimum atomic E-state index is -0.349. The van der Waals surface area contributed by atoms with Crippen molar-refractivity contribution in [3.8, 4) is 23.0 Å². The summed E-state index contributed by atoms with van der Waals surface area (Å²) in [6, 6.07) is 7.87. The van der Waals surface area contributed by atoms with E-state index in [1.54, 1.807) is 24.3 Å². The lowest BCUT2D eigenvalue weighted by Gasteiger charge is -1.96. The lowest BCUT2D eigenvalue weighted by Crippen LogP contribution is -1.88. The van der Waals surface area contributed by atoms with Crippen LogP contribution in [0.2, 0.25) is 0 Å². The van der Waals surface area contributed by atoms with Gasteiger partial charge in [-0.2, -0.15) is 4.98 Å². The third-order valence-corrected chi connectivity index (χ3v) is 3.22. The quantitative estimate of drug-likeness (QED) is 0.778. The average Bonchev–Trinajstić information content (AvgIpc) is 2.92. The van der Waals surface area contributed by atoms with Gasteiger partial charge in [-0.1, -0.05) is 5.16 Å². The first kappa shape index (κ1) is 12.7. The number of pyridine rings is 1. The van der Waals surface area contributed by atoms with E-state index in [2.05, 4.69) is 31.1 Å². The van der Waals surface area contributed by atoms with Crippen molar-refractivity contribution in [1.82, 2.24) is 15.1 Å². The summed E-state index contributed by atoms with van der Waals surface area (Å²) < 4.78 is 18.7. The monoisotopic (exact) mass is 334 g/mol. The molecule has 2 aromatic heterocycles. The molecule has 1 aromatic carbocycles. The van der Waals surface area contributed by atoms with Crippen molar-refractivity contribution in [1.29, 1.82) is 0 Å². The molecule has 5 nitrogen and oxygen atoms in total. The molecule has 0 atom stereocenters. The molecule has 3 rings (SSSR count). The maximum Gasteiger partial charge on any atom is 0.276 e. The van der Waals surface area contributed by atoms with Crippen molar-refractivity contribution in [3.63, 3.8) is 0 Å². The Morgan fingerprint density at radius 3 is 2.75 bits per heavy atom. The Morgan fingerprint density at radius 2 is 2.05 bits per heavy atom. The smallest absolute Gasteiger partial charge is 0.276 e. The van der Waals surface area contributed by atoms with Crippen LogP contribution in [0.5, 0.6) is 0 Å². The van der Waals surface area contributed by atoms with Crippen LogP contribution in [-0.2, 0) is 0 Å². The van der Waals surface area contributed by atoms with Gasteiger partial charge in [-0.15, -0.1) is 0 Å². The molecule has 3 aromatic rings. The molecule has 0 aliphatic rings. The Balaban J connectivity index is 1.97. The molecule has 0 saturated carbocycles. The molecule has 2 N–H and O–H groups in total. The van der Waals surface area contributed by atoms with E-state index < -0.39 is 0 Å². The second-order valence-corrected chi connectivity index (χ2v) is 4.88. The fourth-order valence-electron chi connectivity index (χ4n) is 1.61. The van der Waals surface area contributed by atoms with E-state index >= 15 is 0 Å². The van der Waals surface area contributed by atoms with E-state index in [1.165, 1.54) is 12.3 Å². The number of benzene rings is 1. The average molecular weight is 335 g/mol. The molecule has 20 heavy (non-hydrogen) atoms. The molecular formula is C13H8BrFN4O. The molecule has 0 radical (unpaired) electrons. The SMILES string of the molecule is Nc1ccc(-c2nc(-c3ccc(F)c(Br)c3)no2)nc1. The van der Waals surface area contributed by atoms with Crippen LogP contribution < -0.4 is 5.73 Å². The summed E-state index contributed by atoms with van der Waals surface area (Å²) in [6.45, 7) is 0. The molecule has 7 heteroatoms. The molecule has 0 saturated heterocycles. The normalized spacial score (nSPS) is 10.7. The third-order valence-electron chi connectivity index (χ3n) is 2.61. The van der Waals surface area contributed by atoms with E-state index in [1.807, 2.05) is 0 Å². The Kier molecular flexibility index (Phi) is 3.19. The Bertz CT molecular complexity index is 757. The number of rotatable bonds is 2. The van der Waals surface area contributed by atoms with Crippen LogP contribution in [0.4, 0.5) is 10.1 Å². The van der Waals surface area contributed by atoms with Gasteiger partial charge in [0.15, 0.2) is 0 Å². The van der Waals surface area contributed by atoms with Crippen molar-refractivity contribution in [3.05, 3.63) is 46.8 Å². The molecular weight excluding hydrogens is 327 g/mol. The van der Waals surface area contributed by atoms with Gasteiger partial charge in [-0.3, -0.25) is 0 Å². The zero-order valence-electron chi connectivity index (χ0n) is 10.0. The summed E-state index contributed by atoms with van der Waals surface area (Å²) in [7, 11) is 0. The van der Waals surface area contributed by atoms with Crippen LogP contribution in [0.25, 0.3) is 23.0 Å². The number of anilines is 1. The van der Waals surface area contributed by atoms with Gasteiger partial charge in [0.25, 0.3) is 5.89 Å². The van der Waals surface area contributed by atoms with Crippen LogP contribution in [-0.4, -0.2) is 15.1 Å². The lowest BCUT2D eigenvalue weighted by atomic mass is 10.2. The van der Waals surface area contributed by atoms with Gasteiger partial charge in [0.1, 0.15) is 11.5 Å². The minimum absolute atomic E-state index is 0.278. The molecule has 0 bridgehead atoms. The Hall–Kier alpha value is -2.28. The number of nitrogen functional groups attached to an aromatic ring is 1. The van der Waals surface area contributed by atoms with Gasteiger partial charge in [-0.25, -0.2) is 9.37 Å². The number of hydrogen-bond donors (Lipinski definition) is 1. The first-order valence-electron chi connectivity index (χ1n) is 5.64. The van der Waals surface area contributed by atoms with Crippen LogP contribution in [0, 0.1) is 5.82 Å². The lowest BCUT2D eigenvalue weighted by molar-refractivity contribution is 0.431. The first-order valence-corrected chi connectivity index (χ1v) is 6.44.